The molecule has 0 amide bonds. The van der Waals surface area contributed by atoms with Crippen LogP contribution in [-0.2, 0) is 16.0 Å². The van der Waals surface area contributed by atoms with Gasteiger partial charge in [0.05, 0.1) is 18.6 Å². The second-order valence-electron chi connectivity index (χ2n) is 3.14. The first-order chi connectivity index (χ1) is 7.58. The molecule has 5 nitrogen and oxygen atoms in total. The molecule has 0 aliphatic rings. The molecule has 1 rings (SSSR count). The summed E-state index contributed by atoms with van der Waals surface area (Å²) in [7, 11) is 0. The number of benzene rings is 1. The number of aromatic hydroxyl groups is 2. The number of aldehydes is 1. The van der Waals surface area contributed by atoms with Crippen LogP contribution in [0.3, 0.4) is 0 Å². The molecule has 86 valence electrons. The van der Waals surface area contributed by atoms with Crippen molar-refractivity contribution < 1.29 is 24.5 Å². The molecular formula is C11H12O5. The van der Waals surface area contributed by atoms with Crippen LogP contribution in [0, 0.1) is 0 Å². The van der Waals surface area contributed by atoms with Gasteiger partial charge in [0.15, 0.2) is 6.29 Å². The third-order valence-electron chi connectivity index (χ3n) is 1.99. The molecule has 0 saturated carbocycles. The lowest BCUT2D eigenvalue weighted by Crippen LogP contribution is -2.09. The Morgan fingerprint density at radius 3 is 2.69 bits per heavy atom. The maximum Gasteiger partial charge on any atom is 0.310 e. The van der Waals surface area contributed by atoms with Crippen molar-refractivity contribution in [1.82, 2.24) is 0 Å². The molecule has 1 aromatic carbocycles. The highest BCUT2D eigenvalue weighted by molar-refractivity contribution is 5.85. The number of phenols is 2. The molecule has 16 heavy (non-hydrogen) atoms. The van der Waals surface area contributed by atoms with Gasteiger partial charge < -0.3 is 14.9 Å². The van der Waals surface area contributed by atoms with E-state index in [1.807, 2.05) is 0 Å². The van der Waals surface area contributed by atoms with Crippen molar-refractivity contribution in [3.63, 3.8) is 0 Å². The Morgan fingerprint density at radius 1 is 1.44 bits per heavy atom. The summed E-state index contributed by atoms with van der Waals surface area (Å²) in [6.07, 6.45) is 0.271. The maximum atomic E-state index is 11.2. The predicted octanol–water partition coefficient (Wildman–Crippen LogP) is 1.02. The van der Waals surface area contributed by atoms with E-state index >= 15 is 0 Å². The Balaban J connectivity index is 3.02. The average molecular weight is 224 g/mol. The molecule has 0 bridgehead atoms. The van der Waals surface area contributed by atoms with Crippen LogP contribution >= 0.6 is 0 Å². The van der Waals surface area contributed by atoms with Gasteiger partial charge in [0.25, 0.3) is 0 Å². The van der Waals surface area contributed by atoms with Crippen molar-refractivity contribution >= 4 is 12.3 Å². The number of phenolic OH excluding ortho intramolecular Hbond substituents is 2. The van der Waals surface area contributed by atoms with Crippen LogP contribution < -0.4 is 0 Å². The van der Waals surface area contributed by atoms with Gasteiger partial charge in [-0.05, 0) is 18.6 Å². The zero-order valence-electron chi connectivity index (χ0n) is 8.77. The molecule has 5 heteroatoms. The van der Waals surface area contributed by atoms with Gasteiger partial charge in [0.2, 0.25) is 0 Å². The molecule has 0 aromatic heterocycles. The number of carbonyl (C=O) groups excluding carboxylic acids is 2. The quantitative estimate of drug-likeness (QED) is 0.589. The van der Waals surface area contributed by atoms with E-state index in [0.717, 1.165) is 6.07 Å². The predicted molar refractivity (Wildman–Crippen MR) is 55.5 cm³/mol. The van der Waals surface area contributed by atoms with E-state index in [4.69, 9.17) is 4.74 Å². The van der Waals surface area contributed by atoms with Gasteiger partial charge in [-0.3, -0.25) is 9.59 Å². The number of rotatable bonds is 4. The van der Waals surface area contributed by atoms with Crippen molar-refractivity contribution in [1.29, 1.82) is 0 Å². The van der Waals surface area contributed by atoms with Gasteiger partial charge in [-0.15, -0.1) is 0 Å². The van der Waals surface area contributed by atoms with Crippen LogP contribution in [0.2, 0.25) is 0 Å². The van der Waals surface area contributed by atoms with E-state index in [1.165, 1.54) is 6.07 Å². The molecule has 0 saturated heterocycles. The van der Waals surface area contributed by atoms with E-state index in [1.54, 1.807) is 6.92 Å². The zero-order chi connectivity index (χ0) is 12.1. The Morgan fingerprint density at radius 2 is 2.12 bits per heavy atom. The summed E-state index contributed by atoms with van der Waals surface area (Å²) in [6, 6.07) is 2.29. The normalized spacial score (nSPS) is 9.81. The minimum Gasteiger partial charge on any atom is -0.508 e. The largest absolute Gasteiger partial charge is 0.508 e. The van der Waals surface area contributed by atoms with E-state index in [-0.39, 0.29) is 35.7 Å². The molecule has 0 fully saturated rings. The first-order valence-corrected chi connectivity index (χ1v) is 4.74. The third-order valence-corrected chi connectivity index (χ3v) is 1.99. The van der Waals surface area contributed by atoms with Crippen LogP contribution in [0.25, 0.3) is 0 Å². The monoisotopic (exact) mass is 224 g/mol. The van der Waals surface area contributed by atoms with Crippen molar-refractivity contribution in [2.24, 2.45) is 0 Å². The molecular weight excluding hydrogens is 212 g/mol. The van der Waals surface area contributed by atoms with E-state index in [9.17, 15) is 19.8 Å². The standard InChI is InChI=1S/C11H12O5/c1-2-16-11(15)4-7-3-8(13)5-10(14)9(7)6-12/h3,5-6,13-14H,2,4H2,1H3. The van der Waals surface area contributed by atoms with Crippen molar-refractivity contribution in [3.8, 4) is 11.5 Å². The fourth-order valence-corrected chi connectivity index (χ4v) is 1.33. The highest BCUT2D eigenvalue weighted by Crippen LogP contribution is 2.26. The van der Waals surface area contributed by atoms with Gasteiger partial charge in [-0.1, -0.05) is 0 Å². The summed E-state index contributed by atoms with van der Waals surface area (Å²) in [4.78, 5) is 21.9. The van der Waals surface area contributed by atoms with Crippen LogP contribution in [0.4, 0.5) is 0 Å². The Bertz CT molecular complexity index is 411. The van der Waals surface area contributed by atoms with Crippen LogP contribution in [0.5, 0.6) is 11.5 Å². The van der Waals surface area contributed by atoms with Gasteiger partial charge in [0.1, 0.15) is 11.5 Å². The van der Waals surface area contributed by atoms with Gasteiger partial charge in [-0.2, -0.15) is 0 Å². The average Bonchev–Trinajstić information content (AvgIpc) is 2.17. The molecule has 2 N–H and O–H groups in total. The van der Waals surface area contributed by atoms with Gasteiger partial charge in [0, 0.05) is 6.07 Å². The zero-order valence-corrected chi connectivity index (χ0v) is 8.77. The number of hydrogen-bond donors (Lipinski definition) is 2. The third kappa shape index (κ3) is 2.73. The SMILES string of the molecule is CCOC(=O)Cc1cc(O)cc(O)c1C=O. The fourth-order valence-electron chi connectivity index (χ4n) is 1.33. The van der Waals surface area contributed by atoms with Crippen LogP contribution in [0.15, 0.2) is 12.1 Å². The van der Waals surface area contributed by atoms with Crippen molar-refractivity contribution in [3.05, 3.63) is 23.3 Å². The Kier molecular flexibility index (Phi) is 3.88. The number of hydrogen-bond acceptors (Lipinski definition) is 5. The highest BCUT2D eigenvalue weighted by Gasteiger charge is 2.13. The summed E-state index contributed by atoms with van der Waals surface area (Å²) in [5.41, 5.74) is 0.233. The van der Waals surface area contributed by atoms with E-state index < -0.39 is 5.97 Å². The molecule has 1 aromatic rings. The van der Waals surface area contributed by atoms with E-state index in [0.29, 0.717) is 6.29 Å². The smallest absolute Gasteiger partial charge is 0.310 e. The summed E-state index contributed by atoms with van der Waals surface area (Å²) < 4.78 is 4.71. The topological polar surface area (TPSA) is 83.8 Å². The molecule has 0 aliphatic heterocycles. The maximum absolute atomic E-state index is 11.2. The summed E-state index contributed by atoms with van der Waals surface area (Å²) in [5, 5.41) is 18.6. The fraction of sp³-hybridized carbons (Fsp3) is 0.273. The molecule has 0 spiro atoms. The first kappa shape index (κ1) is 12.0. The number of esters is 1. The van der Waals surface area contributed by atoms with Crippen molar-refractivity contribution in [2.45, 2.75) is 13.3 Å². The first-order valence-electron chi connectivity index (χ1n) is 4.74. The summed E-state index contributed by atoms with van der Waals surface area (Å²) in [5.74, 6) is -1.08. The second kappa shape index (κ2) is 5.16. The minimum atomic E-state index is -0.518. The van der Waals surface area contributed by atoms with Crippen LogP contribution in [-0.4, -0.2) is 29.1 Å². The number of ether oxygens (including phenoxy) is 1. The van der Waals surface area contributed by atoms with Gasteiger partial charge >= 0.3 is 5.97 Å². The highest BCUT2D eigenvalue weighted by atomic mass is 16.5. The molecule has 0 aliphatic carbocycles. The lowest BCUT2D eigenvalue weighted by atomic mass is 10.0. The molecule has 0 unspecified atom stereocenters. The Labute approximate surface area is 92.3 Å². The second-order valence-corrected chi connectivity index (χ2v) is 3.14. The molecule has 0 radical (unpaired) electrons. The lowest BCUT2D eigenvalue weighted by molar-refractivity contribution is -0.142. The number of carbonyl (C=O) groups is 2. The Hall–Kier alpha value is -2.04. The molecule has 0 heterocycles. The summed E-state index contributed by atoms with van der Waals surface area (Å²) in [6.45, 7) is 1.90. The summed E-state index contributed by atoms with van der Waals surface area (Å²) >= 11 is 0. The van der Waals surface area contributed by atoms with E-state index in [2.05, 4.69) is 0 Å². The molecule has 0 atom stereocenters. The van der Waals surface area contributed by atoms with Crippen LogP contribution in [0.1, 0.15) is 22.8 Å². The lowest BCUT2D eigenvalue weighted by Gasteiger charge is -2.07. The van der Waals surface area contributed by atoms with Gasteiger partial charge in [-0.25, -0.2) is 0 Å². The minimum absolute atomic E-state index is 0.00847. The van der Waals surface area contributed by atoms with Crippen molar-refractivity contribution in [2.75, 3.05) is 6.61 Å².